The van der Waals surface area contributed by atoms with Crippen molar-refractivity contribution in [3.63, 3.8) is 0 Å². The van der Waals surface area contributed by atoms with Crippen LogP contribution in [0.15, 0.2) is 24.3 Å². The zero-order valence-electron chi connectivity index (χ0n) is 10.7. The SMILES string of the molecule is O=C(O)C=Cc1cc(Cl)ccc1OCCOCC(F)(F)F. The molecule has 116 valence electrons. The highest BCUT2D eigenvalue weighted by Crippen LogP contribution is 2.24. The van der Waals surface area contributed by atoms with Gasteiger partial charge in [-0.05, 0) is 24.3 Å². The molecule has 1 aromatic carbocycles. The van der Waals surface area contributed by atoms with Crippen molar-refractivity contribution in [2.24, 2.45) is 0 Å². The standard InChI is InChI=1S/C13H12ClF3O4/c14-10-2-3-11(9(7-10)1-4-12(18)19)21-6-5-20-8-13(15,16)17/h1-4,7H,5-6,8H2,(H,18,19). The van der Waals surface area contributed by atoms with Gasteiger partial charge in [-0.25, -0.2) is 4.79 Å². The Morgan fingerprint density at radius 3 is 2.67 bits per heavy atom. The van der Waals surface area contributed by atoms with Crippen LogP contribution < -0.4 is 4.74 Å². The van der Waals surface area contributed by atoms with Gasteiger partial charge in [0.2, 0.25) is 0 Å². The van der Waals surface area contributed by atoms with Crippen LogP contribution in [0.3, 0.4) is 0 Å². The number of carboxylic acids is 1. The normalized spacial score (nSPS) is 11.8. The number of aliphatic carboxylic acids is 1. The van der Waals surface area contributed by atoms with E-state index in [1.54, 1.807) is 0 Å². The molecule has 0 saturated carbocycles. The van der Waals surface area contributed by atoms with Crippen molar-refractivity contribution in [2.75, 3.05) is 19.8 Å². The van der Waals surface area contributed by atoms with Crippen LogP contribution in [0.5, 0.6) is 5.75 Å². The summed E-state index contributed by atoms with van der Waals surface area (Å²) in [6.07, 6.45) is -2.20. The Labute approximate surface area is 123 Å². The lowest BCUT2D eigenvalue weighted by molar-refractivity contribution is -0.175. The summed E-state index contributed by atoms with van der Waals surface area (Å²) in [5.41, 5.74) is 0.403. The van der Waals surface area contributed by atoms with E-state index < -0.39 is 18.8 Å². The molecule has 21 heavy (non-hydrogen) atoms. The van der Waals surface area contributed by atoms with Gasteiger partial charge in [0.25, 0.3) is 0 Å². The molecule has 1 N–H and O–H groups in total. The summed E-state index contributed by atoms with van der Waals surface area (Å²) in [7, 11) is 0. The van der Waals surface area contributed by atoms with Crippen LogP contribution >= 0.6 is 11.6 Å². The molecule has 0 amide bonds. The van der Waals surface area contributed by atoms with Crippen LogP contribution in [0, 0.1) is 0 Å². The van der Waals surface area contributed by atoms with E-state index in [1.807, 2.05) is 0 Å². The molecule has 1 rings (SSSR count). The maximum absolute atomic E-state index is 11.8. The first-order valence-corrected chi connectivity index (χ1v) is 6.13. The van der Waals surface area contributed by atoms with E-state index in [2.05, 4.69) is 4.74 Å². The van der Waals surface area contributed by atoms with Crippen molar-refractivity contribution >= 4 is 23.6 Å². The first-order valence-electron chi connectivity index (χ1n) is 5.76. The first kappa shape index (κ1) is 17.3. The van der Waals surface area contributed by atoms with Gasteiger partial charge in [-0.1, -0.05) is 11.6 Å². The van der Waals surface area contributed by atoms with Crippen molar-refractivity contribution in [3.05, 3.63) is 34.9 Å². The third-order valence-electron chi connectivity index (χ3n) is 2.13. The Kier molecular flexibility index (Phi) is 6.51. The molecular formula is C13H12ClF3O4. The number of carbonyl (C=O) groups is 1. The van der Waals surface area contributed by atoms with E-state index in [1.165, 1.54) is 24.3 Å². The second kappa shape index (κ2) is 7.90. The maximum Gasteiger partial charge on any atom is 0.411 e. The highest BCUT2D eigenvalue weighted by atomic mass is 35.5. The molecule has 0 unspecified atom stereocenters. The van der Waals surface area contributed by atoms with Gasteiger partial charge in [0, 0.05) is 16.7 Å². The topological polar surface area (TPSA) is 55.8 Å². The van der Waals surface area contributed by atoms with Gasteiger partial charge in [0.05, 0.1) is 6.61 Å². The van der Waals surface area contributed by atoms with E-state index in [0.29, 0.717) is 16.3 Å². The smallest absolute Gasteiger partial charge is 0.411 e. The van der Waals surface area contributed by atoms with Crippen molar-refractivity contribution in [3.8, 4) is 5.75 Å². The molecule has 0 spiro atoms. The first-order chi connectivity index (χ1) is 9.78. The molecule has 0 aliphatic heterocycles. The molecule has 0 radical (unpaired) electrons. The predicted molar refractivity (Wildman–Crippen MR) is 70.5 cm³/mol. The van der Waals surface area contributed by atoms with Crippen LogP contribution in [0.4, 0.5) is 13.2 Å². The maximum atomic E-state index is 11.8. The third-order valence-corrected chi connectivity index (χ3v) is 2.36. The molecule has 0 bridgehead atoms. The molecule has 4 nitrogen and oxygen atoms in total. The lowest BCUT2D eigenvalue weighted by Crippen LogP contribution is -2.19. The average molecular weight is 325 g/mol. The van der Waals surface area contributed by atoms with Crippen molar-refractivity contribution in [1.29, 1.82) is 0 Å². The lowest BCUT2D eigenvalue weighted by atomic mass is 10.2. The summed E-state index contributed by atoms with van der Waals surface area (Å²) in [6.45, 7) is -1.70. The highest BCUT2D eigenvalue weighted by Gasteiger charge is 2.27. The molecule has 0 aromatic heterocycles. The van der Waals surface area contributed by atoms with Crippen molar-refractivity contribution < 1.29 is 32.5 Å². The summed E-state index contributed by atoms with van der Waals surface area (Å²) in [4.78, 5) is 10.5. The van der Waals surface area contributed by atoms with E-state index in [0.717, 1.165) is 6.08 Å². The second-order valence-electron chi connectivity index (χ2n) is 3.87. The number of hydrogen-bond acceptors (Lipinski definition) is 3. The number of benzene rings is 1. The van der Waals surface area contributed by atoms with E-state index in [4.69, 9.17) is 21.4 Å². The summed E-state index contributed by atoms with van der Waals surface area (Å²) in [5.74, 6) is -0.845. The Morgan fingerprint density at radius 1 is 1.33 bits per heavy atom. The Morgan fingerprint density at radius 2 is 2.05 bits per heavy atom. The Balaban J connectivity index is 2.56. The van der Waals surface area contributed by atoms with Gasteiger partial charge >= 0.3 is 12.1 Å². The molecule has 0 atom stereocenters. The summed E-state index contributed by atoms with van der Waals surface area (Å²) >= 11 is 5.78. The molecule has 8 heteroatoms. The largest absolute Gasteiger partial charge is 0.491 e. The van der Waals surface area contributed by atoms with Gasteiger partial charge in [-0.15, -0.1) is 0 Å². The van der Waals surface area contributed by atoms with Crippen LogP contribution in [0.25, 0.3) is 6.08 Å². The fourth-order valence-corrected chi connectivity index (χ4v) is 1.52. The zero-order valence-corrected chi connectivity index (χ0v) is 11.4. The number of halogens is 4. The van der Waals surface area contributed by atoms with Crippen LogP contribution in [0.1, 0.15) is 5.56 Å². The van der Waals surface area contributed by atoms with Gasteiger partial charge in [0.15, 0.2) is 0 Å². The second-order valence-corrected chi connectivity index (χ2v) is 4.31. The molecule has 0 heterocycles. The van der Waals surface area contributed by atoms with E-state index >= 15 is 0 Å². The summed E-state index contributed by atoms with van der Waals surface area (Å²) in [5, 5.41) is 8.95. The summed E-state index contributed by atoms with van der Waals surface area (Å²) in [6, 6.07) is 4.49. The molecule has 0 fully saturated rings. The zero-order chi connectivity index (χ0) is 15.9. The quantitative estimate of drug-likeness (QED) is 0.617. The van der Waals surface area contributed by atoms with Gasteiger partial charge < -0.3 is 14.6 Å². The monoisotopic (exact) mass is 324 g/mol. The predicted octanol–water partition coefficient (Wildman–Crippen LogP) is 3.40. The number of carboxylic acid groups (broad SMARTS) is 1. The Hall–Kier alpha value is -1.73. The minimum Gasteiger partial charge on any atom is -0.491 e. The number of hydrogen-bond donors (Lipinski definition) is 1. The van der Waals surface area contributed by atoms with Crippen LogP contribution in [-0.2, 0) is 9.53 Å². The average Bonchev–Trinajstić information content (AvgIpc) is 2.36. The number of ether oxygens (including phenoxy) is 2. The minimum absolute atomic E-state index is 0.106. The highest BCUT2D eigenvalue weighted by molar-refractivity contribution is 6.30. The Bertz CT molecular complexity index is 515. The molecular weight excluding hydrogens is 313 g/mol. The number of rotatable bonds is 7. The fraction of sp³-hybridized carbons (Fsp3) is 0.308. The molecule has 1 aromatic rings. The van der Waals surface area contributed by atoms with Crippen LogP contribution in [-0.4, -0.2) is 37.1 Å². The van der Waals surface area contributed by atoms with Gasteiger partial charge in [-0.2, -0.15) is 13.2 Å². The third kappa shape index (κ3) is 7.57. The van der Waals surface area contributed by atoms with Crippen molar-refractivity contribution in [2.45, 2.75) is 6.18 Å². The minimum atomic E-state index is -4.38. The van der Waals surface area contributed by atoms with Crippen LogP contribution in [0.2, 0.25) is 5.02 Å². The van der Waals surface area contributed by atoms with E-state index in [9.17, 15) is 18.0 Å². The fourth-order valence-electron chi connectivity index (χ4n) is 1.34. The van der Waals surface area contributed by atoms with Gasteiger partial charge in [-0.3, -0.25) is 0 Å². The lowest BCUT2D eigenvalue weighted by Gasteiger charge is -2.11. The molecule has 0 aliphatic rings. The summed E-state index contributed by atoms with van der Waals surface area (Å²) < 4.78 is 45.2. The van der Waals surface area contributed by atoms with Crippen molar-refractivity contribution in [1.82, 2.24) is 0 Å². The molecule has 0 saturated heterocycles. The van der Waals surface area contributed by atoms with E-state index in [-0.39, 0.29) is 13.2 Å². The molecule has 0 aliphatic carbocycles. The van der Waals surface area contributed by atoms with Gasteiger partial charge in [0.1, 0.15) is 19.0 Å². The number of alkyl halides is 3.